The van der Waals surface area contributed by atoms with Gasteiger partial charge in [-0.3, -0.25) is 9.59 Å². The van der Waals surface area contributed by atoms with Gasteiger partial charge in [0.15, 0.2) is 0 Å². The number of carboxylic acid groups (broad SMARTS) is 1. The van der Waals surface area contributed by atoms with Crippen molar-refractivity contribution in [3.05, 3.63) is 24.0 Å². The number of carbonyl (C=O) groups is 2. The van der Waals surface area contributed by atoms with Gasteiger partial charge in [0.05, 0.1) is 6.54 Å². The van der Waals surface area contributed by atoms with Crippen LogP contribution in [0.2, 0.25) is 0 Å². The monoisotopic (exact) mass is 274 g/mol. The van der Waals surface area contributed by atoms with E-state index >= 15 is 0 Å². The van der Waals surface area contributed by atoms with Gasteiger partial charge in [-0.25, -0.2) is 8.78 Å². The fraction of sp³-hybridized carbons (Fsp3) is 0.500. The summed E-state index contributed by atoms with van der Waals surface area (Å²) < 4.78 is 25.9. The molecule has 0 saturated heterocycles. The molecular formula is C12H16F2N2O3. The molecule has 0 aliphatic rings. The van der Waals surface area contributed by atoms with Gasteiger partial charge in [-0.1, -0.05) is 6.92 Å². The molecule has 1 rings (SSSR count). The van der Waals surface area contributed by atoms with Crippen LogP contribution >= 0.6 is 0 Å². The van der Waals surface area contributed by atoms with Crippen LogP contribution in [-0.4, -0.2) is 46.0 Å². The van der Waals surface area contributed by atoms with Crippen LogP contribution in [-0.2, 0) is 11.3 Å². The number of nitrogens with zero attached hydrogens (tertiary/aromatic N) is 2. The van der Waals surface area contributed by atoms with E-state index in [1.165, 1.54) is 18.3 Å². The number of rotatable bonds is 7. The molecule has 106 valence electrons. The third-order valence-electron chi connectivity index (χ3n) is 2.49. The number of amides is 1. The Morgan fingerprint density at radius 1 is 1.47 bits per heavy atom. The van der Waals surface area contributed by atoms with E-state index in [9.17, 15) is 18.4 Å². The van der Waals surface area contributed by atoms with Gasteiger partial charge in [0, 0.05) is 12.7 Å². The SMILES string of the molecule is CCCN(CC(=O)O)C(=O)c1cccn1CC(F)F. The first-order valence-corrected chi connectivity index (χ1v) is 5.90. The Balaban J connectivity index is 2.89. The maximum atomic E-state index is 12.4. The largest absolute Gasteiger partial charge is 0.480 e. The lowest BCUT2D eigenvalue weighted by atomic mass is 10.3. The van der Waals surface area contributed by atoms with Crippen molar-refractivity contribution >= 4 is 11.9 Å². The fourth-order valence-corrected chi connectivity index (χ4v) is 1.76. The van der Waals surface area contributed by atoms with E-state index in [-0.39, 0.29) is 12.2 Å². The molecule has 5 nitrogen and oxygen atoms in total. The van der Waals surface area contributed by atoms with Crippen molar-refractivity contribution in [2.45, 2.75) is 26.3 Å². The Hall–Kier alpha value is -1.92. The van der Waals surface area contributed by atoms with Gasteiger partial charge in [0.1, 0.15) is 12.2 Å². The highest BCUT2D eigenvalue weighted by atomic mass is 19.3. The number of hydrogen-bond acceptors (Lipinski definition) is 2. The van der Waals surface area contributed by atoms with E-state index in [1.54, 1.807) is 6.92 Å². The molecular weight excluding hydrogens is 258 g/mol. The standard InChI is InChI=1S/C12H16F2N2O3/c1-2-5-16(8-11(17)18)12(19)9-4-3-6-15(9)7-10(13)14/h3-4,6,10H,2,5,7-8H2,1H3,(H,17,18). The summed E-state index contributed by atoms with van der Waals surface area (Å²) >= 11 is 0. The Morgan fingerprint density at radius 3 is 2.68 bits per heavy atom. The van der Waals surface area contributed by atoms with Gasteiger partial charge in [-0.05, 0) is 18.6 Å². The molecule has 0 radical (unpaired) electrons. The molecule has 0 aromatic carbocycles. The molecule has 0 aliphatic carbocycles. The van der Waals surface area contributed by atoms with Crippen LogP contribution < -0.4 is 0 Å². The molecule has 0 fully saturated rings. The zero-order chi connectivity index (χ0) is 14.4. The number of halogens is 2. The number of aliphatic carboxylic acids is 1. The van der Waals surface area contributed by atoms with Crippen LogP contribution in [0.1, 0.15) is 23.8 Å². The van der Waals surface area contributed by atoms with Crippen molar-refractivity contribution in [3.8, 4) is 0 Å². The molecule has 1 amide bonds. The van der Waals surface area contributed by atoms with Crippen LogP contribution in [0.4, 0.5) is 8.78 Å². The summed E-state index contributed by atoms with van der Waals surface area (Å²) in [6.07, 6.45) is -0.600. The summed E-state index contributed by atoms with van der Waals surface area (Å²) in [4.78, 5) is 24.0. The third-order valence-corrected chi connectivity index (χ3v) is 2.49. The number of alkyl halides is 2. The van der Waals surface area contributed by atoms with Crippen LogP contribution in [0.3, 0.4) is 0 Å². The highest BCUT2D eigenvalue weighted by molar-refractivity contribution is 5.94. The Kier molecular flexibility index (Phi) is 5.47. The van der Waals surface area contributed by atoms with Gasteiger partial charge in [0.25, 0.3) is 12.3 Å². The zero-order valence-corrected chi connectivity index (χ0v) is 10.6. The second kappa shape index (κ2) is 6.86. The molecule has 1 heterocycles. The maximum absolute atomic E-state index is 12.4. The van der Waals surface area contributed by atoms with E-state index in [4.69, 9.17) is 5.11 Å². The maximum Gasteiger partial charge on any atom is 0.323 e. The minimum Gasteiger partial charge on any atom is -0.480 e. The third kappa shape index (κ3) is 4.35. The van der Waals surface area contributed by atoms with Crippen molar-refractivity contribution in [2.75, 3.05) is 13.1 Å². The summed E-state index contributed by atoms with van der Waals surface area (Å²) in [5.41, 5.74) is 0.0787. The molecule has 1 N–H and O–H groups in total. The molecule has 0 atom stereocenters. The molecule has 0 spiro atoms. The summed E-state index contributed by atoms with van der Waals surface area (Å²) in [5, 5.41) is 8.75. The highest BCUT2D eigenvalue weighted by Crippen LogP contribution is 2.10. The molecule has 1 aromatic rings. The van der Waals surface area contributed by atoms with E-state index in [1.807, 2.05) is 0 Å². The van der Waals surface area contributed by atoms with Crippen LogP contribution in [0.25, 0.3) is 0 Å². The minimum atomic E-state index is -2.57. The molecule has 0 unspecified atom stereocenters. The molecule has 0 aliphatic heterocycles. The summed E-state index contributed by atoms with van der Waals surface area (Å²) in [5.74, 6) is -1.68. The fourth-order valence-electron chi connectivity index (χ4n) is 1.76. The van der Waals surface area contributed by atoms with E-state index < -0.39 is 31.4 Å². The van der Waals surface area contributed by atoms with Gasteiger partial charge in [0.2, 0.25) is 0 Å². The van der Waals surface area contributed by atoms with Crippen molar-refractivity contribution in [2.24, 2.45) is 0 Å². The smallest absolute Gasteiger partial charge is 0.323 e. The van der Waals surface area contributed by atoms with E-state index in [2.05, 4.69) is 0 Å². The Labute approximate surface area is 109 Å². The predicted molar refractivity (Wildman–Crippen MR) is 64.3 cm³/mol. The van der Waals surface area contributed by atoms with E-state index in [0.29, 0.717) is 6.42 Å². The van der Waals surface area contributed by atoms with Crippen molar-refractivity contribution < 1.29 is 23.5 Å². The molecule has 0 bridgehead atoms. The lowest BCUT2D eigenvalue weighted by Crippen LogP contribution is -2.37. The molecule has 7 heteroatoms. The van der Waals surface area contributed by atoms with Gasteiger partial charge in [-0.2, -0.15) is 0 Å². The summed E-state index contributed by atoms with van der Waals surface area (Å²) in [6.45, 7) is 1.05. The predicted octanol–water partition coefficient (Wildman–Crippen LogP) is 1.69. The number of carbonyl (C=O) groups excluding carboxylic acids is 1. The summed E-state index contributed by atoms with van der Waals surface area (Å²) in [6, 6.07) is 2.90. The zero-order valence-electron chi connectivity index (χ0n) is 10.6. The van der Waals surface area contributed by atoms with Crippen molar-refractivity contribution in [1.82, 2.24) is 9.47 Å². The second-order valence-corrected chi connectivity index (χ2v) is 4.06. The first kappa shape index (κ1) is 15.1. The molecule has 0 saturated carbocycles. The summed E-state index contributed by atoms with van der Waals surface area (Å²) in [7, 11) is 0. The van der Waals surface area contributed by atoms with Crippen LogP contribution in [0.5, 0.6) is 0 Å². The van der Waals surface area contributed by atoms with Crippen molar-refractivity contribution in [1.29, 1.82) is 0 Å². The van der Waals surface area contributed by atoms with Gasteiger partial charge >= 0.3 is 5.97 Å². The number of hydrogen-bond donors (Lipinski definition) is 1. The molecule has 19 heavy (non-hydrogen) atoms. The normalized spacial score (nSPS) is 10.7. The highest BCUT2D eigenvalue weighted by Gasteiger charge is 2.21. The average molecular weight is 274 g/mol. The lowest BCUT2D eigenvalue weighted by Gasteiger charge is -2.20. The lowest BCUT2D eigenvalue weighted by molar-refractivity contribution is -0.137. The van der Waals surface area contributed by atoms with Gasteiger partial charge in [-0.15, -0.1) is 0 Å². The first-order valence-electron chi connectivity index (χ1n) is 5.90. The minimum absolute atomic E-state index is 0.0787. The first-order chi connectivity index (χ1) is 8.95. The molecule has 1 aromatic heterocycles. The number of carboxylic acids is 1. The quantitative estimate of drug-likeness (QED) is 0.823. The van der Waals surface area contributed by atoms with Crippen LogP contribution in [0.15, 0.2) is 18.3 Å². The number of aromatic nitrogens is 1. The Bertz CT molecular complexity index is 446. The van der Waals surface area contributed by atoms with E-state index in [0.717, 1.165) is 9.47 Å². The van der Waals surface area contributed by atoms with Gasteiger partial charge < -0.3 is 14.6 Å². The van der Waals surface area contributed by atoms with Crippen molar-refractivity contribution in [3.63, 3.8) is 0 Å². The second-order valence-electron chi connectivity index (χ2n) is 4.06. The average Bonchev–Trinajstić information content (AvgIpc) is 2.74. The van der Waals surface area contributed by atoms with Crippen LogP contribution in [0, 0.1) is 0 Å². The topological polar surface area (TPSA) is 62.5 Å². The Morgan fingerprint density at radius 2 is 2.16 bits per heavy atom.